The van der Waals surface area contributed by atoms with Gasteiger partial charge in [0.15, 0.2) is 5.96 Å². The summed E-state index contributed by atoms with van der Waals surface area (Å²) in [4.78, 5) is 4.39. The zero-order chi connectivity index (χ0) is 16.1. The van der Waals surface area contributed by atoms with Gasteiger partial charge in [0, 0.05) is 12.7 Å². The fraction of sp³-hybridized carbons (Fsp3) is 0.375. The number of nitrogens with one attached hydrogen (secondary N) is 1. The highest BCUT2D eigenvalue weighted by Crippen LogP contribution is 2.22. The number of hydrogen-bond acceptors (Lipinski definition) is 3. The number of guanidine groups is 1. The average Bonchev–Trinajstić information content (AvgIpc) is 2.82. The number of nitrogens with zero attached hydrogens (tertiary/aromatic N) is 3. The topological polar surface area (TPSA) is 77.5 Å². The van der Waals surface area contributed by atoms with E-state index in [1.165, 1.54) is 5.56 Å². The van der Waals surface area contributed by atoms with Crippen molar-refractivity contribution in [3.63, 3.8) is 0 Å². The summed E-state index contributed by atoms with van der Waals surface area (Å²) >= 11 is 0. The van der Waals surface area contributed by atoms with Gasteiger partial charge in [0.05, 0.1) is 24.9 Å². The van der Waals surface area contributed by atoms with Crippen LogP contribution in [-0.2, 0) is 20.0 Å². The molecule has 0 radical (unpaired) electrons. The molecular formula is C16H24IN5O. The van der Waals surface area contributed by atoms with Crippen molar-refractivity contribution in [1.29, 1.82) is 0 Å². The standard InChI is InChI=1S/C16H23N5O.HI/c1-5-14-13(15(22-4)21(3)20-14)10-18-16(17)19-12-8-6-11(2)7-9-12;/h6-9H,5,10H2,1-4H3,(H3,17,18,19);1H. The number of aliphatic imine (C=N–C) groups is 1. The fourth-order valence-electron chi connectivity index (χ4n) is 2.29. The Balaban J connectivity index is 0.00000264. The van der Waals surface area contributed by atoms with Gasteiger partial charge >= 0.3 is 0 Å². The second-order valence-electron chi connectivity index (χ2n) is 5.10. The number of ether oxygens (including phenoxy) is 1. The van der Waals surface area contributed by atoms with E-state index in [1.807, 2.05) is 38.2 Å². The number of benzene rings is 1. The van der Waals surface area contributed by atoms with Crippen molar-refractivity contribution in [3.05, 3.63) is 41.1 Å². The lowest BCUT2D eigenvalue weighted by Gasteiger charge is -2.07. The van der Waals surface area contributed by atoms with E-state index in [0.717, 1.165) is 29.2 Å². The monoisotopic (exact) mass is 429 g/mol. The third-order valence-corrected chi connectivity index (χ3v) is 3.43. The maximum Gasteiger partial charge on any atom is 0.216 e. The van der Waals surface area contributed by atoms with Crippen LogP contribution >= 0.6 is 24.0 Å². The summed E-state index contributed by atoms with van der Waals surface area (Å²) in [6, 6.07) is 7.99. The molecule has 1 aromatic carbocycles. The molecule has 23 heavy (non-hydrogen) atoms. The Bertz CT molecular complexity index is 664. The lowest BCUT2D eigenvalue weighted by Crippen LogP contribution is -2.22. The minimum Gasteiger partial charge on any atom is -0.481 e. The smallest absolute Gasteiger partial charge is 0.216 e. The van der Waals surface area contributed by atoms with E-state index in [-0.39, 0.29) is 24.0 Å². The Morgan fingerprint density at radius 3 is 2.57 bits per heavy atom. The minimum absolute atomic E-state index is 0. The number of aromatic nitrogens is 2. The molecule has 2 rings (SSSR count). The van der Waals surface area contributed by atoms with Crippen LogP contribution in [0.1, 0.15) is 23.7 Å². The summed E-state index contributed by atoms with van der Waals surface area (Å²) in [5.41, 5.74) is 10.0. The van der Waals surface area contributed by atoms with Crippen molar-refractivity contribution in [1.82, 2.24) is 9.78 Å². The molecule has 0 aliphatic carbocycles. The summed E-state index contributed by atoms with van der Waals surface area (Å²) in [5, 5.41) is 7.51. The summed E-state index contributed by atoms with van der Waals surface area (Å²) < 4.78 is 7.12. The predicted molar refractivity (Wildman–Crippen MR) is 105 cm³/mol. The lowest BCUT2D eigenvalue weighted by molar-refractivity contribution is 0.369. The van der Waals surface area contributed by atoms with Gasteiger partial charge in [-0.2, -0.15) is 5.10 Å². The Kier molecular flexibility index (Phi) is 7.34. The summed E-state index contributed by atoms with van der Waals surface area (Å²) in [7, 11) is 3.50. The van der Waals surface area contributed by atoms with Crippen LogP contribution < -0.4 is 15.8 Å². The van der Waals surface area contributed by atoms with E-state index < -0.39 is 0 Å². The molecule has 1 heterocycles. The number of anilines is 1. The van der Waals surface area contributed by atoms with Crippen LogP contribution in [-0.4, -0.2) is 22.8 Å². The van der Waals surface area contributed by atoms with Gasteiger partial charge in [0.25, 0.3) is 0 Å². The Labute approximate surface area is 154 Å². The zero-order valence-electron chi connectivity index (χ0n) is 14.0. The van der Waals surface area contributed by atoms with E-state index in [4.69, 9.17) is 10.5 Å². The molecule has 0 bridgehead atoms. The van der Waals surface area contributed by atoms with Crippen LogP contribution in [0.5, 0.6) is 5.88 Å². The Morgan fingerprint density at radius 1 is 1.35 bits per heavy atom. The van der Waals surface area contributed by atoms with E-state index in [9.17, 15) is 0 Å². The third-order valence-electron chi connectivity index (χ3n) is 3.43. The molecule has 0 spiro atoms. The quantitative estimate of drug-likeness (QED) is 0.436. The fourth-order valence-corrected chi connectivity index (χ4v) is 2.29. The minimum atomic E-state index is 0. The molecule has 0 fully saturated rings. The van der Waals surface area contributed by atoms with Crippen LogP contribution in [0.15, 0.2) is 29.3 Å². The zero-order valence-corrected chi connectivity index (χ0v) is 16.3. The molecule has 0 saturated carbocycles. The maximum absolute atomic E-state index is 5.95. The maximum atomic E-state index is 5.95. The summed E-state index contributed by atoms with van der Waals surface area (Å²) in [5.74, 6) is 1.10. The van der Waals surface area contributed by atoms with Crippen molar-refractivity contribution in [2.24, 2.45) is 17.8 Å². The van der Waals surface area contributed by atoms with Gasteiger partial charge in [-0.3, -0.25) is 0 Å². The van der Waals surface area contributed by atoms with Crippen LogP contribution in [0.4, 0.5) is 5.69 Å². The lowest BCUT2D eigenvalue weighted by atomic mass is 10.2. The van der Waals surface area contributed by atoms with Crippen LogP contribution in [0, 0.1) is 6.92 Å². The van der Waals surface area contributed by atoms with Crippen molar-refractivity contribution >= 4 is 35.6 Å². The van der Waals surface area contributed by atoms with Crippen LogP contribution in [0.3, 0.4) is 0 Å². The van der Waals surface area contributed by atoms with Gasteiger partial charge in [0.1, 0.15) is 0 Å². The molecular weight excluding hydrogens is 405 g/mol. The number of aryl methyl sites for hydroxylation is 3. The molecule has 6 nitrogen and oxygen atoms in total. The highest BCUT2D eigenvalue weighted by atomic mass is 127. The van der Waals surface area contributed by atoms with Crippen LogP contribution in [0.25, 0.3) is 0 Å². The first-order valence-electron chi connectivity index (χ1n) is 7.27. The largest absolute Gasteiger partial charge is 0.481 e. The molecule has 1 aromatic heterocycles. The molecule has 0 amide bonds. The van der Waals surface area contributed by atoms with E-state index in [1.54, 1.807) is 11.8 Å². The normalized spacial score (nSPS) is 11.0. The summed E-state index contributed by atoms with van der Waals surface area (Å²) in [6.45, 7) is 4.54. The first kappa shape index (κ1) is 19.3. The SMILES string of the molecule is CCc1nn(C)c(OC)c1CN=C(N)Nc1ccc(C)cc1.I. The Hall–Kier alpha value is -1.77. The molecule has 0 aliphatic heterocycles. The highest BCUT2D eigenvalue weighted by molar-refractivity contribution is 14.0. The number of methoxy groups -OCH3 is 1. The van der Waals surface area contributed by atoms with E-state index >= 15 is 0 Å². The van der Waals surface area contributed by atoms with Gasteiger partial charge < -0.3 is 15.8 Å². The molecule has 0 atom stereocenters. The highest BCUT2D eigenvalue weighted by Gasteiger charge is 2.15. The van der Waals surface area contributed by atoms with Gasteiger partial charge in [0.2, 0.25) is 5.88 Å². The first-order valence-corrected chi connectivity index (χ1v) is 7.27. The van der Waals surface area contributed by atoms with Gasteiger partial charge in [-0.15, -0.1) is 24.0 Å². The van der Waals surface area contributed by atoms with Crippen molar-refractivity contribution < 1.29 is 4.74 Å². The molecule has 7 heteroatoms. The predicted octanol–water partition coefficient (Wildman–Crippen LogP) is 2.84. The summed E-state index contributed by atoms with van der Waals surface area (Å²) in [6.07, 6.45) is 0.827. The third kappa shape index (κ3) is 4.85. The van der Waals surface area contributed by atoms with E-state index in [0.29, 0.717) is 12.5 Å². The molecule has 126 valence electrons. The molecule has 3 N–H and O–H groups in total. The average molecular weight is 429 g/mol. The van der Waals surface area contributed by atoms with Crippen molar-refractivity contribution in [3.8, 4) is 5.88 Å². The second kappa shape index (κ2) is 8.76. The molecule has 0 aliphatic rings. The van der Waals surface area contributed by atoms with Crippen molar-refractivity contribution in [2.75, 3.05) is 12.4 Å². The Morgan fingerprint density at radius 2 is 2.00 bits per heavy atom. The number of nitrogens with two attached hydrogens (primary N) is 1. The number of rotatable bonds is 5. The molecule has 2 aromatic rings. The van der Waals surface area contributed by atoms with Crippen molar-refractivity contribution in [2.45, 2.75) is 26.8 Å². The molecule has 0 saturated heterocycles. The van der Waals surface area contributed by atoms with Gasteiger partial charge in [-0.25, -0.2) is 9.67 Å². The van der Waals surface area contributed by atoms with Gasteiger partial charge in [-0.1, -0.05) is 24.6 Å². The van der Waals surface area contributed by atoms with E-state index in [2.05, 4.69) is 22.3 Å². The number of hydrogen-bond donors (Lipinski definition) is 2. The van der Waals surface area contributed by atoms with Crippen LogP contribution in [0.2, 0.25) is 0 Å². The molecule has 0 unspecified atom stereocenters. The van der Waals surface area contributed by atoms with Gasteiger partial charge in [-0.05, 0) is 25.5 Å². The second-order valence-corrected chi connectivity index (χ2v) is 5.10. The first-order chi connectivity index (χ1) is 10.5. The number of halogens is 1.